The summed E-state index contributed by atoms with van der Waals surface area (Å²) in [4.78, 5) is 12.2. The Labute approximate surface area is 176 Å². The van der Waals surface area contributed by atoms with E-state index in [1.807, 2.05) is 6.92 Å². The lowest BCUT2D eigenvalue weighted by Crippen LogP contribution is -2.40. The van der Waals surface area contributed by atoms with Gasteiger partial charge in [0, 0.05) is 17.9 Å². The van der Waals surface area contributed by atoms with Crippen LogP contribution in [0.5, 0.6) is 5.75 Å². The molecular formula is C25H35ClO2. The highest BCUT2D eigenvalue weighted by Crippen LogP contribution is 2.44. The molecule has 0 radical (unpaired) electrons. The van der Waals surface area contributed by atoms with Crippen molar-refractivity contribution in [2.75, 3.05) is 7.11 Å². The Hall–Kier alpha value is -1.54. The van der Waals surface area contributed by atoms with Gasteiger partial charge in [0.2, 0.25) is 0 Å². The van der Waals surface area contributed by atoms with Crippen LogP contribution < -0.4 is 4.74 Å². The molecule has 1 aromatic rings. The molecule has 154 valence electrons. The summed E-state index contributed by atoms with van der Waals surface area (Å²) in [6, 6.07) is 0. The lowest BCUT2D eigenvalue weighted by molar-refractivity contribution is -0.129. The minimum absolute atomic E-state index is 0.0740. The fourth-order valence-electron chi connectivity index (χ4n) is 4.44. The normalized spacial score (nSPS) is 26.2. The number of Topliss-reactive ketones (excluding diaryl/α,β-unsaturated/α-hetero) is 1. The summed E-state index contributed by atoms with van der Waals surface area (Å²) in [5, 5.41) is 0.787. The molecule has 0 saturated heterocycles. The van der Waals surface area contributed by atoms with Crippen molar-refractivity contribution in [2.45, 2.75) is 67.7 Å². The first-order chi connectivity index (χ1) is 13.0. The van der Waals surface area contributed by atoms with Gasteiger partial charge in [-0.2, -0.15) is 0 Å². The van der Waals surface area contributed by atoms with Crippen molar-refractivity contribution < 1.29 is 9.53 Å². The summed E-state index contributed by atoms with van der Waals surface area (Å²) in [5.41, 5.74) is 5.63. The van der Waals surface area contributed by atoms with Gasteiger partial charge in [-0.1, -0.05) is 56.2 Å². The minimum atomic E-state index is -0.0767. The topological polar surface area (TPSA) is 26.3 Å². The van der Waals surface area contributed by atoms with Crippen LogP contribution in [0.15, 0.2) is 23.8 Å². The molecule has 0 heterocycles. The molecule has 1 aliphatic rings. The molecule has 0 unspecified atom stereocenters. The van der Waals surface area contributed by atoms with Crippen LogP contribution in [0.1, 0.15) is 62.8 Å². The van der Waals surface area contributed by atoms with Crippen LogP contribution in [0.25, 0.3) is 0 Å². The van der Waals surface area contributed by atoms with Gasteiger partial charge in [0.1, 0.15) is 11.5 Å². The maximum absolute atomic E-state index is 12.2. The molecule has 1 aliphatic carbocycles. The van der Waals surface area contributed by atoms with Crippen molar-refractivity contribution in [1.29, 1.82) is 0 Å². The predicted molar refractivity (Wildman–Crippen MR) is 119 cm³/mol. The molecular weight excluding hydrogens is 368 g/mol. The van der Waals surface area contributed by atoms with E-state index in [-0.39, 0.29) is 11.3 Å². The van der Waals surface area contributed by atoms with Crippen LogP contribution >= 0.6 is 11.6 Å². The summed E-state index contributed by atoms with van der Waals surface area (Å²) in [6.07, 6.45) is 9.18. The van der Waals surface area contributed by atoms with Crippen LogP contribution in [0.3, 0.4) is 0 Å². The molecule has 1 aromatic carbocycles. The monoisotopic (exact) mass is 402 g/mol. The van der Waals surface area contributed by atoms with Crippen LogP contribution in [-0.4, -0.2) is 12.9 Å². The number of ketones is 1. The Morgan fingerprint density at radius 1 is 1.21 bits per heavy atom. The first-order valence-electron chi connectivity index (χ1n) is 10.2. The molecule has 0 amide bonds. The standard InChI is InChI=1S/C25H35ClO2/c1-15(13-14-25(7)16(2)10-12-22(27)20(25)6)9-11-21-17(3)23(26)19(5)24(28-8)18(21)4/h9,13-14,16,20H,10-12H2,1-8H3/b14-13+,15-9+/t16-,20+,25+/m1/s1. The Kier molecular flexibility index (Phi) is 7.20. The van der Waals surface area contributed by atoms with E-state index in [0.717, 1.165) is 46.7 Å². The number of hydrogen-bond donors (Lipinski definition) is 0. The Balaban J connectivity index is 2.27. The number of allylic oxidation sites excluding steroid dienone is 4. The number of carbonyl (C=O) groups excluding carboxylic acids is 1. The molecule has 3 atom stereocenters. The third kappa shape index (κ3) is 4.22. The largest absolute Gasteiger partial charge is 0.496 e. The maximum Gasteiger partial charge on any atom is 0.136 e. The van der Waals surface area contributed by atoms with E-state index >= 15 is 0 Å². The second kappa shape index (κ2) is 8.86. The molecule has 3 heteroatoms. The lowest BCUT2D eigenvalue weighted by Gasteiger charge is -2.42. The molecule has 0 aliphatic heterocycles. The molecule has 28 heavy (non-hydrogen) atoms. The smallest absolute Gasteiger partial charge is 0.136 e. The molecule has 0 spiro atoms. The van der Waals surface area contributed by atoms with Crippen LogP contribution in [-0.2, 0) is 11.2 Å². The van der Waals surface area contributed by atoms with Gasteiger partial charge in [0.15, 0.2) is 0 Å². The van der Waals surface area contributed by atoms with Crippen molar-refractivity contribution in [1.82, 2.24) is 0 Å². The molecule has 1 saturated carbocycles. The average Bonchev–Trinajstić information content (AvgIpc) is 2.66. The van der Waals surface area contributed by atoms with Crippen molar-refractivity contribution >= 4 is 17.4 Å². The third-order valence-electron chi connectivity index (χ3n) is 7.08. The van der Waals surface area contributed by atoms with Gasteiger partial charge in [0.25, 0.3) is 0 Å². The highest BCUT2D eigenvalue weighted by molar-refractivity contribution is 6.32. The molecule has 0 N–H and O–H groups in total. The maximum atomic E-state index is 12.2. The van der Waals surface area contributed by atoms with Crippen molar-refractivity contribution in [2.24, 2.45) is 17.3 Å². The van der Waals surface area contributed by atoms with E-state index < -0.39 is 0 Å². The Bertz CT molecular complexity index is 819. The quantitative estimate of drug-likeness (QED) is 0.497. The first kappa shape index (κ1) is 22.7. The van der Waals surface area contributed by atoms with E-state index in [4.69, 9.17) is 16.3 Å². The van der Waals surface area contributed by atoms with E-state index in [9.17, 15) is 4.79 Å². The summed E-state index contributed by atoms with van der Waals surface area (Å²) >= 11 is 6.53. The summed E-state index contributed by atoms with van der Waals surface area (Å²) in [6.45, 7) is 14.9. The highest BCUT2D eigenvalue weighted by Gasteiger charge is 2.41. The number of methoxy groups -OCH3 is 1. The number of rotatable bonds is 5. The van der Waals surface area contributed by atoms with Gasteiger partial charge < -0.3 is 4.74 Å². The SMILES string of the molecule is COc1c(C)c(Cl)c(C)c(C/C=C(C)/C=C/[C@@]2(C)[C@H](C)CCC(=O)[C@@H]2C)c1C. The molecule has 0 aromatic heterocycles. The van der Waals surface area contributed by atoms with Crippen LogP contribution in [0.4, 0.5) is 0 Å². The molecule has 2 rings (SSSR count). The van der Waals surface area contributed by atoms with E-state index in [2.05, 4.69) is 59.8 Å². The zero-order valence-corrected chi connectivity index (χ0v) is 19.5. The third-order valence-corrected chi connectivity index (χ3v) is 7.65. The zero-order chi connectivity index (χ0) is 21.2. The van der Waals surface area contributed by atoms with Gasteiger partial charge in [-0.3, -0.25) is 4.79 Å². The lowest BCUT2D eigenvalue weighted by atomic mass is 9.61. The van der Waals surface area contributed by atoms with Gasteiger partial charge in [-0.25, -0.2) is 0 Å². The summed E-state index contributed by atoms with van der Waals surface area (Å²) in [7, 11) is 1.70. The fourth-order valence-corrected chi connectivity index (χ4v) is 4.64. The van der Waals surface area contributed by atoms with Crippen LogP contribution in [0, 0.1) is 38.0 Å². The Morgan fingerprint density at radius 3 is 2.46 bits per heavy atom. The summed E-state index contributed by atoms with van der Waals surface area (Å²) in [5.74, 6) is 1.85. The number of benzene rings is 1. The fraction of sp³-hybridized carbons (Fsp3) is 0.560. The van der Waals surface area contributed by atoms with Crippen LogP contribution in [0.2, 0.25) is 5.02 Å². The second-order valence-corrected chi connectivity index (χ2v) is 9.06. The van der Waals surface area contributed by atoms with Crippen molar-refractivity contribution in [3.8, 4) is 5.75 Å². The molecule has 0 bridgehead atoms. The highest BCUT2D eigenvalue weighted by atomic mass is 35.5. The first-order valence-corrected chi connectivity index (χ1v) is 10.6. The molecule has 2 nitrogen and oxygen atoms in total. The van der Waals surface area contributed by atoms with Gasteiger partial charge in [-0.05, 0) is 68.6 Å². The van der Waals surface area contributed by atoms with Crippen molar-refractivity contribution in [3.05, 3.63) is 51.1 Å². The van der Waals surface area contributed by atoms with E-state index in [1.165, 1.54) is 11.1 Å². The van der Waals surface area contributed by atoms with E-state index in [1.54, 1.807) is 7.11 Å². The van der Waals surface area contributed by atoms with Gasteiger partial charge in [-0.15, -0.1) is 0 Å². The Morgan fingerprint density at radius 2 is 1.86 bits per heavy atom. The van der Waals surface area contributed by atoms with Gasteiger partial charge >= 0.3 is 0 Å². The summed E-state index contributed by atoms with van der Waals surface area (Å²) < 4.78 is 5.58. The second-order valence-electron chi connectivity index (χ2n) is 8.68. The number of halogens is 1. The van der Waals surface area contributed by atoms with Gasteiger partial charge in [0.05, 0.1) is 12.1 Å². The molecule has 1 fully saturated rings. The zero-order valence-electron chi connectivity index (χ0n) is 18.7. The number of ether oxygens (including phenoxy) is 1. The van der Waals surface area contributed by atoms with E-state index in [0.29, 0.717) is 11.7 Å². The number of carbonyl (C=O) groups is 1. The number of hydrogen-bond acceptors (Lipinski definition) is 2. The average molecular weight is 403 g/mol. The minimum Gasteiger partial charge on any atom is -0.496 e. The van der Waals surface area contributed by atoms with Crippen molar-refractivity contribution in [3.63, 3.8) is 0 Å². The predicted octanol–water partition coefficient (Wildman–Crippen LogP) is 6.96.